The van der Waals surface area contributed by atoms with Crippen molar-refractivity contribution in [2.75, 3.05) is 5.32 Å². The Morgan fingerprint density at radius 1 is 1.60 bits per heavy atom. The van der Waals surface area contributed by atoms with Gasteiger partial charge in [-0.25, -0.2) is 4.79 Å². The molecule has 108 valence electrons. The summed E-state index contributed by atoms with van der Waals surface area (Å²) in [5.41, 5.74) is 7.07. The third kappa shape index (κ3) is 2.65. The summed E-state index contributed by atoms with van der Waals surface area (Å²) < 4.78 is 0.853. The molecular weight excluding hydrogens is 322 g/mol. The number of anilines is 1. The highest BCUT2D eigenvalue weighted by atomic mass is 79.9. The Labute approximate surface area is 126 Å². The van der Waals surface area contributed by atoms with Crippen LogP contribution in [0.25, 0.3) is 0 Å². The van der Waals surface area contributed by atoms with Crippen LogP contribution in [0.4, 0.5) is 10.5 Å². The molecule has 5 nitrogen and oxygen atoms in total. The van der Waals surface area contributed by atoms with Gasteiger partial charge in [-0.3, -0.25) is 4.79 Å². The molecule has 0 radical (unpaired) electrons. The highest BCUT2D eigenvalue weighted by molar-refractivity contribution is 9.10. The molecule has 2 atom stereocenters. The van der Waals surface area contributed by atoms with Gasteiger partial charge in [0, 0.05) is 15.7 Å². The number of benzene rings is 1. The van der Waals surface area contributed by atoms with E-state index in [4.69, 9.17) is 5.73 Å². The van der Waals surface area contributed by atoms with E-state index >= 15 is 0 Å². The van der Waals surface area contributed by atoms with Crippen LogP contribution in [-0.4, -0.2) is 22.9 Å². The molecule has 6 heteroatoms. The maximum absolute atomic E-state index is 12.4. The van der Waals surface area contributed by atoms with E-state index < -0.39 is 12.1 Å². The molecule has 1 aliphatic rings. The lowest BCUT2D eigenvalue weighted by Crippen LogP contribution is -2.50. The molecule has 0 saturated heterocycles. The van der Waals surface area contributed by atoms with Crippen LogP contribution in [0.5, 0.6) is 0 Å². The number of nitrogens with two attached hydrogens (primary N) is 1. The van der Waals surface area contributed by atoms with Crippen LogP contribution >= 0.6 is 15.9 Å². The Morgan fingerprint density at radius 3 is 2.90 bits per heavy atom. The SMILES string of the molecule is CC[C@H](C)[C@H]1C(=O)Nc2cccc(Br)c2CN1C(N)=O. The lowest BCUT2D eigenvalue weighted by molar-refractivity contribution is -0.121. The van der Waals surface area contributed by atoms with Gasteiger partial charge >= 0.3 is 6.03 Å². The van der Waals surface area contributed by atoms with E-state index in [0.29, 0.717) is 6.54 Å². The second-order valence-electron chi connectivity index (χ2n) is 5.05. The number of nitrogens with zero attached hydrogens (tertiary/aromatic N) is 1. The zero-order chi connectivity index (χ0) is 14.9. The Bertz CT molecular complexity index is 547. The molecule has 1 aromatic rings. The number of primary amides is 1. The van der Waals surface area contributed by atoms with E-state index in [1.54, 1.807) is 0 Å². The fraction of sp³-hybridized carbons (Fsp3) is 0.429. The minimum absolute atomic E-state index is 0.0376. The summed E-state index contributed by atoms with van der Waals surface area (Å²) in [4.78, 5) is 25.6. The van der Waals surface area contributed by atoms with Gasteiger partial charge in [-0.2, -0.15) is 0 Å². The Morgan fingerprint density at radius 2 is 2.30 bits per heavy atom. The molecule has 0 aliphatic carbocycles. The van der Waals surface area contributed by atoms with Gasteiger partial charge < -0.3 is 16.0 Å². The van der Waals surface area contributed by atoms with Gasteiger partial charge in [0.1, 0.15) is 6.04 Å². The number of carbonyl (C=O) groups excluding carboxylic acids is 2. The summed E-state index contributed by atoms with van der Waals surface area (Å²) in [6.07, 6.45) is 0.791. The van der Waals surface area contributed by atoms with Crippen molar-refractivity contribution in [1.29, 1.82) is 0 Å². The number of rotatable bonds is 2. The highest BCUT2D eigenvalue weighted by Crippen LogP contribution is 2.31. The standard InChI is InChI=1S/C14H18BrN3O2/c1-3-8(2)12-13(19)17-11-6-4-5-10(15)9(11)7-18(12)14(16)20/h4-6,8,12H,3,7H2,1-2H3,(H2,16,20)(H,17,19)/t8-,12-/m0/s1. The van der Waals surface area contributed by atoms with Crippen molar-refractivity contribution in [3.63, 3.8) is 0 Å². The third-order valence-electron chi connectivity index (χ3n) is 3.78. The van der Waals surface area contributed by atoms with Crippen LogP contribution in [0.15, 0.2) is 22.7 Å². The predicted octanol–water partition coefficient (Wildman–Crippen LogP) is 2.70. The molecule has 0 unspecified atom stereocenters. The van der Waals surface area contributed by atoms with E-state index in [2.05, 4.69) is 21.2 Å². The maximum atomic E-state index is 12.4. The first-order chi connectivity index (χ1) is 9.45. The smallest absolute Gasteiger partial charge is 0.315 e. The molecule has 0 aromatic heterocycles. The van der Waals surface area contributed by atoms with Gasteiger partial charge in [-0.15, -0.1) is 0 Å². The fourth-order valence-corrected chi connectivity index (χ4v) is 2.95. The average molecular weight is 340 g/mol. The lowest BCUT2D eigenvalue weighted by Gasteiger charge is -2.30. The average Bonchev–Trinajstić information content (AvgIpc) is 2.55. The zero-order valence-electron chi connectivity index (χ0n) is 11.5. The summed E-state index contributed by atoms with van der Waals surface area (Å²) in [5.74, 6) is -0.148. The lowest BCUT2D eigenvalue weighted by atomic mass is 9.97. The summed E-state index contributed by atoms with van der Waals surface area (Å²) in [7, 11) is 0. The number of fused-ring (bicyclic) bond motifs is 1. The molecule has 1 aromatic carbocycles. The topological polar surface area (TPSA) is 75.4 Å². The Kier molecular flexibility index (Phi) is 4.32. The van der Waals surface area contributed by atoms with Crippen LogP contribution in [0.2, 0.25) is 0 Å². The molecule has 20 heavy (non-hydrogen) atoms. The zero-order valence-corrected chi connectivity index (χ0v) is 13.1. The van der Waals surface area contributed by atoms with Gasteiger partial charge in [-0.05, 0) is 18.1 Å². The minimum Gasteiger partial charge on any atom is -0.351 e. The van der Waals surface area contributed by atoms with Crippen molar-refractivity contribution < 1.29 is 9.59 Å². The quantitative estimate of drug-likeness (QED) is 0.869. The number of hydrogen-bond acceptors (Lipinski definition) is 2. The van der Waals surface area contributed by atoms with Crippen LogP contribution in [0, 0.1) is 5.92 Å². The van der Waals surface area contributed by atoms with Gasteiger partial charge in [0.05, 0.1) is 6.54 Å². The van der Waals surface area contributed by atoms with E-state index in [1.165, 1.54) is 4.90 Å². The second kappa shape index (κ2) is 5.83. The Balaban J connectivity index is 2.48. The van der Waals surface area contributed by atoms with E-state index in [-0.39, 0.29) is 11.8 Å². The monoisotopic (exact) mass is 339 g/mol. The number of carbonyl (C=O) groups is 2. The molecule has 0 fully saturated rings. The second-order valence-corrected chi connectivity index (χ2v) is 5.91. The largest absolute Gasteiger partial charge is 0.351 e. The molecule has 0 bridgehead atoms. The van der Waals surface area contributed by atoms with Crippen molar-refractivity contribution >= 4 is 33.6 Å². The first-order valence-electron chi connectivity index (χ1n) is 6.60. The first-order valence-corrected chi connectivity index (χ1v) is 7.39. The van der Waals surface area contributed by atoms with Crippen molar-refractivity contribution in [3.05, 3.63) is 28.2 Å². The molecule has 1 aliphatic heterocycles. The van der Waals surface area contributed by atoms with Crippen LogP contribution in [0.3, 0.4) is 0 Å². The maximum Gasteiger partial charge on any atom is 0.315 e. The van der Waals surface area contributed by atoms with Gasteiger partial charge in [0.15, 0.2) is 0 Å². The minimum atomic E-state index is -0.575. The predicted molar refractivity (Wildman–Crippen MR) is 81.1 cm³/mol. The van der Waals surface area contributed by atoms with Crippen LogP contribution in [-0.2, 0) is 11.3 Å². The summed E-state index contributed by atoms with van der Waals surface area (Å²) in [5, 5.41) is 2.90. The normalized spacial score (nSPS) is 19.9. The number of urea groups is 1. The molecule has 0 saturated carbocycles. The first kappa shape index (κ1) is 14.8. The number of amides is 3. The van der Waals surface area contributed by atoms with Crippen molar-refractivity contribution in [2.45, 2.75) is 32.9 Å². The van der Waals surface area contributed by atoms with Gasteiger partial charge in [0.25, 0.3) is 0 Å². The number of hydrogen-bond donors (Lipinski definition) is 2. The molecule has 2 rings (SSSR count). The van der Waals surface area contributed by atoms with Crippen LogP contribution in [0.1, 0.15) is 25.8 Å². The van der Waals surface area contributed by atoms with Gasteiger partial charge in [-0.1, -0.05) is 42.3 Å². The van der Waals surface area contributed by atoms with Gasteiger partial charge in [0.2, 0.25) is 5.91 Å². The molecular formula is C14H18BrN3O2. The molecule has 1 heterocycles. The van der Waals surface area contributed by atoms with E-state index in [9.17, 15) is 9.59 Å². The van der Waals surface area contributed by atoms with E-state index in [0.717, 1.165) is 22.1 Å². The summed E-state index contributed by atoms with van der Waals surface area (Å²) >= 11 is 3.46. The van der Waals surface area contributed by atoms with E-state index in [1.807, 2.05) is 32.0 Å². The summed E-state index contributed by atoms with van der Waals surface area (Å²) in [6, 6.07) is 4.44. The number of nitrogens with one attached hydrogen (secondary N) is 1. The van der Waals surface area contributed by atoms with Crippen molar-refractivity contribution in [3.8, 4) is 0 Å². The molecule has 0 spiro atoms. The summed E-state index contributed by atoms with van der Waals surface area (Å²) in [6.45, 7) is 4.26. The molecule has 3 N–H and O–H groups in total. The highest BCUT2D eigenvalue weighted by Gasteiger charge is 2.36. The van der Waals surface area contributed by atoms with Crippen molar-refractivity contribution in [2.24, 2.45) is 11.7 Å². The van der Waals surface area contributed by atoms with Crippen molar-refractivity contribution in [1.82, 2.24) is 4.90 Å². The van der Waals surface area contributed by atoms with Crippen LogP contribution < -0.4 is 11.1 Å². The Hall–Kier alpha value is -1.56. The third-order valence-corrected chi connectivity index (χ3v) is 4.52. The fourth-order valence-electron chi connectivity index (χ4n) is 2.46. The number of halogens is 1. The molecule has 3 amide bonds.